The second-order valence-corrected chi connectivity index (χ2v) is 6.29. The number of carbonyl (C=O) groups is 2. The zero-order valence-corrected chi connectivity index (χ0v) is 14.4. The molecule has 134 valence electrons. The Bertz CT molecular complexity index is 897. The summed E-state index contributed by atoms with van der Waals surface area (Å²) >= 11 is 5.70. The molecule has 1 amide bonds. The summed E-state index contributed by atoms with van der Waals surface area (Å²) in [4.78, 5) is 34.1. The van der Waals surface area contributed by atoms with E-state index in [9.17, 15) is 19.7 Å². The lowest BCUT2D eigenvalue weighted by molar-refractivity contribution is -0.384. The highest BCUT2D eigenvalue weighted by Gasteiger charge is 2.18. The van der Waals surface area contributed by atoms with E-state index in [4.69, 9.17) is 16.3 Å². The lowest BCUT2D eigenvalue weighted by atomic mass is 10.1. The molecule has 0 spiro atoms. The van der Waals surface area contributed by atoms with Crippen LogP contribution in [0.4, 0.5) is 11.4 Å². The molecule has 0 radical (unpaired) electrons. The van der Waals surface area contributed by atoms with Crippen LogP contribution in [0.3, 0.4) is 0 Å². The molecule has 0 aliphatic heterocycles. The van der Waals surface area contributed by atoms with E-state index in [0.717, 1.165) is 25.3 Å². The van der Waals surface area contributed by atoms with Gasteiger partial charge in [0.2, 0.25) is 0 Å². The third kappa shape index (κ3) is 4.00. The van der Waals surface area contributed by atoms with Crippen LogP contribution < -0.4 is 5.32 Å². The number of aryl methyl sites for hydroxylation is 2. The maximum atomic E-state index is 12.0. The van der Waals surface area contributed by atoms with Crippen LogP contribution in [0.25, 0.3) is 0 Å². The molecule has 1 aliphatic rings. The fraction of sp³-hybridized carbons (Fsp3) is 0.222. The number of anilines is 1. The molecule has 8 heteroatoms. The van der Waals surface area contributed by atoms with Crippen LogP contribution >= 0.6 is 11.6 Å². The summed E-state index contributed by atoms with van der Waals surface area (Å²) < 4.78 is 4.91. The van der Waals surface area contributed by atoms with E-state index >= 15 is 0 Å². The van der Waals surface area contributed by atoms with E-state index in [0.29, 0.717) is 5.69 Å². The molecule has 0 heterocycles. The first-order valence-corrected chi connectivity index (χ1v) is 8.34. The average Bonchev–Trinajstić information content (AvgIpc) is 3.07. The Balaban J connectivity index is 1.58. The van der Waals surface area contributed by atoms with E-state index in [1.807, 2.05) is 18.2 Å². The molecule has 0 bridgehead atoms. The standard InChI is InChI=1S/C18H15ClN2O5/c19-15-7-5-13(9-16(15)21(24)25)18(23)26-10-17(22)20-14-6-4-11-2-1-3-12(11)8-14/h4-9H,1-3,10H2,(H,20,22). The Hall–Kier alpha value is -2.93. The van der Waals surface area contributed by atoms with Gasteiger partial charge in [-0.15, -0.1) is 0 Å². The normalized spacial score (nSPS) is 12.3. The fourth-order valence-electron chi connectivity index (χ4n) is 2.84. The number of hydrogen-bond donors (Lipinski definition) is 1. The van der Waals surface area contributed by atoms with Crippen molar-refractivity contribution in [2.24, 2.45) is 0 Å². The monoisotopic (exact) mass is 374 g/mol. The number of amides is 1. The summed E-state index contributed by atoms with van der Waals surface area (Å²) in [5.41, 5.74) is 2.70. The predicted octanol–water partition coefficient (Wildman–Crippen LogP) is 3.53. The minimum atomic E-state index is -0.839. The Morgan fingerprint density at radius 2 is 1.92 bits per heavy atom. The SMILES string of the molecule is O=C(COC(=O)c1ccc(Cl)c([N+](=O)[O-])c1)Nc1ccc2c(c1)CCC2. The van der Waals surface area contributed by atoms with Gasteiger partial charge in [-0.25, -0.2) is 4.79 Å². The van der Waals surface area contributed by atoms with Crippen LogP contribution in [-0.2, 0) is 22.4 Å². The number of esters is 1. The molecule has 0 unspecified atom stereocenters. The van der Waals surface area contributed by atoms with Crippen LogP contribution in [0, 0.1) is 10.1 Å². The topological polar surface area (TPSA) is 98.5 Å². The highest BCUT2D eigenvalue weighted by molar-refractivity contribution is 6.32. The first-order chi connectivity index (χ1) is 12.4. The van der Waals surface area contributed by atoms with Crippen molar-refractivity contribution in [3.8, 4) is 0 Å². The summed E-state index contributed by atoms with van der Waals surface area (Å²) in [5.74, 6) is -1.33. The van der Waals surface area contributed by atoms with Crippen molar-refractivity contribution >= 4 is 34.9 Å². The molecule has 26 heavy (non-hydrogen) atoms. The number of nitro groups is 1. The fourth-order valence-corrected chi connectivity index (χ4v) is 3.03. The second-order valence-electron chi connectivity index (χ2n) is 5.88. The zero-order valence-electron chi connectivity index (χ0n) is 13.7. The quantitative estimate of drug-likeness (QED) is 0.490. The molecule has 2 aromatic carbocycles. The summed E-state index contributed by atoms with van der Waals surface area (Å²) in [5, 5.41) is 13.4. The predicted molar refractivity (Wildman–Crippen MR) is 95.5 cm³/mol. The number of ether oxygens (including phenoxy) is 1. The van der Waals surface area contributed by atoms with Crippen LogP contribution in [0.1, 0.15) is 27.9 Å². The van der Waals surface area contributed by atoms with Gasteiger partial charge in [0.05, 0.1) is 10.5 Å². The summed E-state index contributed by atoms with van der Waals surface area (Å²) in [6, 6.07) is 9.27. The molecule has 1 aliphatic carbocycles. The molecule has 3 rings (SSSR count). The first-order valence-electron chi connectivity index (χ1n) is 7.97. The zero-order chi connectivity index (χ0) is 18.7. The van der Waals surface area contributed by atoms with Crippen molar-refractivity contribution in [2.75, 3.05) is 11.9 Å². The first kappa shape index (κ1) is 17.9. The van der Waals surface area contributed by atoms with E-state index in [1.54, 1.807) is 0 Å². The van der Waals surface area contributed by atoms with Gasteiger partial charge in [-0.2, -0.15) is 0 Å². The van der Waals surface area contributed by atoms with Crippen LogP contribution in [0.5, 0.6) is 0 Å². The largest absolute Gasteiger partial charge is 0.452 e. The van der Waals surface area contributed by atoms with Gasteiger partial charge in [-0.05, 0) is 54.7 Å². The molecule has 0 saturated heterocycles. The number of nitrogens with zero attached hydrogens (tertiary/aromatic N) is 1. The Morgan fingerprint density at radius 3 is 2.69 bits per heavy atom. The van der Waals surface area contributed by atoms with Gasteiger partial charge in [-0.3, -0.25) is 14.9 Å². The lowest BCUT2D eigenvalue weighted by Crippen LogP contribution is -2.21. The van der Waals surface area contributed by atoms with Crippen molar-refractivity contribution in [3.63, 3.8) is 0 Å². The molecule has 0 aromatic heterocycles. The summed E-state index contributed by atoms with van der Waals surface area (Å²) in [6.45, 7) is -0.494. The smallest absolute Gasteiger partial charge is 0.338 e. The molecule has 0 atom stereocenters. The molecule has 2 aromatic rings. The maximum absolute atomic E-state index is 12.0. The van der Waals surface area contributed by atoms with Crippen LogP contribution in [-0.4, -0.2) is 23.4 Å². The third-order valence-electron chi connectivity index (χ3n) is 4.10. The second kappa shape index (κ2) is 7.53. The van der Waals surface area contributed by atoms with Crippen LogP contribution in [0.15, 0.2) is 36.4 Å². The Morgan fingerprint density at radius 1 is 1.15 bits per heavy atom. The van der Waals surface area contributed by atoms with Gasteiger partial charge < -0.3 is 10.1 Å². The van der Waals surface area contributed by atoms with Gasteiger partial charge in [0, 0.05) is 11.8 Å². The maximum Gasteiger partial charge on any atom is 0.338 e. The van der Waals surface area contributed by atoms with Crippen LogP contribution in [0.2, 0.25) is 5.02 Å². The van der Waals surface area contributed by atoms with Crippen molar-refractivity contribution in [1.29, 1.82) is 0 Å². The van der Waals surface area contributed by atoms with E-state index < -0.39 is 29.1 Å². The van der Waals surface area contributed by atoms with Crippen molar-refractivity contribution < 1.29 is 19.2 Å². The number of fused-ring (bicyclic) bond motifs is 1. The molecule has 0 saturated carbocycles. The van der Waals surface area contributed by atoms with Crippen molar-refractivity contribution in [2.45, 2.75) is 19.3 Å². The van der Waals surface area contributed by atoms with Gasteiger partial charge in [0.25, 0.3) is 11.6 Å². The Labute approximate surface area is 154 Å². The van der Waals surface area contributed by atoms with E-state index in [-0.39, 0.29) is 10.6 Å². The van der Waals surface area contributed by atoms with Crippen molar-refractivity contribution in [1.82, 2.24) is 0 Å². The van der Waals surface area contributed by atoms with Crippen molar-refractivity contribution in [3.05, 3.63) is 68.2 Å². The number of rotatable bonds is 5. The molecule has 1 N–H and O–H groups in total. The minimum Gasteiger partial charge on any atom is -0.452 e. The number of nitrogens with one attached hydrogen (secondary N) is 1. The highest BCUT2D eigenvalue weighted by Crippen LogP contribution is 2.26. The summed E-state index contributed by atoms with van der Waals surface area (Å²) in [7, 11) is 0. The highest BCUT2D eigenvalue weighted by atomic mass is 35.5. The minimum absolute atomic E-state index is 0.0496. The molecular formula is C18H15ClN2O5. The average molecular weight is 375 g/mol. The number of carbonyl (C=O) groups excluding carboxylic acids is 2. The molecule has 7 nitrogen and oxygen atoms in total. The van der Waals surface area contributed by atoms with Gasteiger partial charge in [0.1, 0.15) is 5.02 Å². The summed E-state index contributed by atoms with van der Waals surface area (Å²) in [6.07, 6.45) is 3.15. The van der Waals surface area contributed by atoms with E-state index in [2.05, 4.69) is 5.32 Å². The van der Waals surface area contributed by atoms with E-state index in [1.165, 1.54) is 23.3 Å². The van der Waals surface area contributed by atoms with Gasteiger partial charge in [-0.1, -0.05) is 17.7 Å². The number of nitro benzene ring substituents is 1. The number of hydrogen-bond acceptors (Lipinski definition) is 5. The number of benzene rings is 2. The van der Waals surface area contributed by atoms with Gasteiger partial charge >= 0.3 is 5.97 Å². The van der Waals surface area contributed by atoms with Gasteiger partial charge in [0.15, 0.2) is 6.61 Å². The Kier molecular flexibility index (Phi) is 5.18. The number of halogens is 1. The third-order valence-corrected chi connectivity index (χ3v) is 4.41. The molecule has 0 fully saturated rings. The lowest BCUT2D eigenvalue weighted by Gasteiger charge is -2.08. The molecular weight excluding hydrogens is 360 g/mol.